The highest BCUT2D eigenvalue weighted by molar-refractivity contribution is 6.30. The summed E-state index contributed by atoms with van der Waals surface area (Å²) in [7, 11) is 3.05. The van der Waals surface area contributed by atoms with Gasteiger partial charge in [-0.2, -0.15) is 0 Å². The van der Waals surface area contributed by atoms with Crippen molar-refractivity contribution in [2.45, 2.75) is 6.92 Å². The van der Waals surface area contributed by atoms with Gasteiger partial charge in [-0.25, -0.2) is 0 Å². The van der Waals surface area contributed by atoms with Crippen LogP contribution in [0.15, 0.2) is 45.6 Å². The largest absolute Gasteiger partial charge is 0.493 e. The molecule has 0 spiro atoms. The van der Waals surface area contributed by atoms with Gasteiger partial charge in [0.05, 0.1) is 25.2 Å². The SMILES string of the molecule is COc1ccc2c(=O)c(-c3ccc(Cl)cc3)c(C)oc2c1OC. The minimum absolute atomic E-state index is 0.118. The summed E-state index contributed by atoms with van der Waals surface area (Å²) in [5.41, 5.74) is 1.54. The first-order valence-corrected chi connectivity index (χ1v) is 7.39. The lowest BCUT2D eigenvalue weighted by Crippen LogP contribution is -2.08. The van der Waals surface area contributed by atoms with E-state index >= 15 is 0 Å². The summed E-state index contributed by atoms with van der Waals surface area (Å²) in [5, 5.41) is 1.06. The first-order valence-electron chi connectivity index (χ1n) is 7.01. The Balaban J connectivity index is 2.35. The molecular formula is C18H15ClO4. The Bertz CT molecular complexity index is 926. The average molecular weight is 331 g/mol. The van der Waals surface area contributed by atoms with Crippen LogP contribution in [0.25, 0.3) is 22.1 Å². The molecule has 0 saturated heterocycles. The Morgan fingerprint density at radius 2 is 1.70 bits per heavy atom. The number of rotatable bonds is 3. The normalized spacial score (nSPS) is 10.8. The van der Waals surface area contributed by atoms with Gasteiger partial charge >= 0.3 is 0 Å². The lowest BCUT2D eigenvalue weighted by atomic mass is 10.0. The van der Waals surface area contributed by atoms with Gasteiger partial charge in [0.2, 0.25) is 11.2 Å². The summed E-state index contributed by atoms with van der Waals surface area (Å²) < 4.78 is 16.5. The molecule has 0 N–H and O–H groups in total. The van der Waals surface area contributed by atoms with Crippen molar-refractivity contribution in [2.24, 2.45) is 0 Å². The first-order chi connectivity index (χ1) is 11.1. The number of hydrogen-bond donors (Lipinski definition) is 0. The third kappa shape index (κ3) is 2.55. The van der Waals surface area contributed by atoms with E-state index in [9.17, 15) is 4.79 Å². The predicted molar refractivity (Wildman–Crippen MR) is 90.8 cm³/mol. The quantitative estimate of drug-likeness (QED) is 0.712. The summed E-state index contributed by atoms with van der Waals surface area (Å²) in [5.74, 6) is 1.44. The van der Waals surface area contributed by atoms with Crippen LogP contribution in [-0.4, -0.2) is 14.2 Å². The topological polar surface area (TPSA) is 48.7 Å². The maximum Gasteiger partial charge on any atom is 0.204 e. The zero-order chi connectivity index (χ0) is 16.6. The fraction of sp³-hybridized carbons (Fsp3) is 0.167. The zero-order valence-electron chi connectivity index (χ0n) is 13.0. The summed E-state index contributed by atoms with van der Waals surface area (Å²) in [6.07, 6.45) is 0. The Hall–Kier alpha value is -2.46. The molecule has 3 rings (SSSR count). The van der Waals surface area contributed by atoms with E-state index in [2.05, 4.69) is 0 Å². The van der Waals surface area contributed by atoms with Gasteiger partial charge in [-0.05, 0) is 36.8 Å². The van der Waals surface area contributed by atoms with E-state index in [1.807, 2.05) is 0 Å². The molecule has 1 heterocycles. The predicted octanol–water partition coefficient (Wildman–Crippen LogP) is 4.44. The number of aryl methyl sites for hydroxylation is 1. The second-order valence-corrected chi connectivity index (χ2v) is 5.48. The number of ether oxygens (including phenoxy) is 2. The van der Waals surface area contributed by atoms with Crippen molar-refractivity contribution >= 4 is 22.6 Å². The van der Waals surface area contributed by atoms with Gasteiger partial charge in [-0.15, -0.1) is 0 Å². The molecule has 0 unspecified atom stereocenters. The van der Waals surface area contributed by atoms with Crippen LogP contribution in [0.2, 0.25) is 5.02 Å². The zero-order valence-corrected chi connectivity index (χ0v) is 13.7. The number of benzene rings is 2. The van der Waals surface area contributed by atoms with Crippen LogP contribution in [0.1, 0.15) is 5.76 Å². The molecule has 0 saturated carbocycles. The van der Waals surface area contributed by atoms with E-state index < -0.39 is 0 Å². The molecule has 23 heavy (non-hydrogen) atoms. The van der Waals surface area contributed by atoms with Crippen LogP contribution >= 0.6 is 11.6 Å². The fourth-order valence-electron chi connectivity index (χ4n) is 2.63. The second-order valence-electron chi connectivity index (χ2n) is 5.05. The minimum Gasteiger partial charge on any atom is -0.493 e. The van der Waals surface area contributed by atoms with Gasteiger partial charge in [0.1, 0.15) is 5.76 Å². The average Bonchev–Trinajstić information content (AvgIpc) is 2.55. The molecular weight excluding hydrogens is 316 g/mol. The molecule has 2 aromatic carbocycles. The van der Waals surface area contributed by atoms with Gasteiger partial charge in [0.15, 0.2) is 11.3 Å². The molecule has 118 valence electrons. The van der Waals surface area contributed by atoms with Gasteiger partial charge in [-0.1, -0.05) is 23.7 Å². The van der Waals surface area contributed by atoms with Crippen molar-refractivity contribution in [3.8, 4) is 22.6 Å². The third-order valence-electron chi connectivity index (χ3n) is 3.71. The molecule has 1 aromatic heterocycles. The molecule has 0 fully saturated rings. The molecule has 0 aliphatic carbocycles. The maximum absolute atomic E-state index is 12.9. The van der Waals surface area contributed by atoms with Crippen molar-refractivity contribution in [3.63, 3.8) is 0 Å². The van der Waals surface area contributed by atoms with E-state index in [4.69, 9.17) is 25.5 Å². The van der Waals surface area contributed by atoms with Crippen molar-refractivity contribution in [1.29, 1.82) is 0 Å². The van der Waals surface area contributed by atoms with E-state index in [1.54, 1.807) is 43.3 Å². The monoisotopic (exact) mass is 330 g/mol. The number of methoxy groups -OCH3 is 2. The smallest absolute Gasteiger partial charge is 0.204 e. The molecule has 0 amide bonds. The highest BCUT2D eigenvalue weighted by atomic mass is 35.5. The Kier molecular flexibility index (Phi) is 4.01. The molecule has 3 aromatic rings. The molecule has 0 aliphatic rings. The van der Waals surface area contributed by atoms with E-state index in [-0.39, 0.29) is 5.43 Å². The molecule has 4 nitrogen and oxygen atoms in total. The first kappa shape index (κ1) is 15.4. The van der Waals surface area contributed by atoms with Gasteiger partial charge < -0.3 is 13.9 Å². The summed E-state index contributed by atoms with van der Waals surface area (Å²) in [4.78, 5) is 12.9. The number of fused-ring (bicyclic) bond motifs is 1. The van der Waals surface area contributed by atoms with Crippen molar-refractivity contribution in [3.05, 3.63) is 57.4 Å². The second kappa shape index (κ2) is 5.97. The van der Waals surface area contributed by atoms with Crippen LogP contribution in [0.3, 0.4) is 0 Å². The summed E-state index contributed by atoms with van der Waals surface area (Å²) in [6, 6.07) is 10.5. The molecule has 0 atom stereocenters. The van der Waals surface area contributed by atoms with Gasteiger partial charge in [0, 0.05) is 5.02 Å². The van der Waals surface area contributed by atoms with Crippen LogP contribution < -0.4 is 14.9 Å². The molecule has 0 radical (unpaired) electrons. The van der Waals surface area contributed by atoms with Crippen molar-refractivity contribution in [2.75, 3.05) is 14.2 Å². The van der Waals surface area contributed by atoms with Crippen LogP contribution in [0.5, 0.6) is 11.5 Å². The number of hydrogen-bond acceptors (Lipinski definition) is 4. The highest BCUT2D eigenvalue weighted by Crippen LogP contribution is 2.36. The Morgan fingerprint density at radius 1 is 1.00 bits per heavy atom. The minimum atomic E-state index is -0.118. The standard InChI is InChI=1S/C18H15ClO4/c1-10-15(11-4-6-12(19)7-5-11)16(20)13-8-9-14(21-2)18(22-3)17(13)23-10/h4-9H,1-3H3. The summed E-state index contributed by atoms with van der Waals surface area (Å²) in [6.45, 7) is 1.75. The van der Waals surface area contributed by atoms with Crippen LogP contribution in [0, 0.1) is 6.92 Å². The maximum atomic E-state index is 12.9. The summed E-state index contributed by atoms with van der Waals surface area (Å²) >= 11 is 5.91. The third-order valence-corrected chi connectivity index (χ3v) is 3.96. The van der Waals surface area contributed by atoms with Crippen LogP contribution in [-0.2, 0) is 0 Å². The Labute approximate surface area is 138 Å². The van der Waals surface area contributed by atoms with Crippen LogP contribution in [0.4, 0.5) is 0 Å². The lowest BCUT2D eigenvalue weighted by molar-refractivity contribution is 0.352. The van der Waals surface area contributed by atoms with E-state index in [1.165, 1.54) is 14.2 Å². The lowest BCUT2D eigenvalue weighted by Gasteiger charge is -2.12. The Morgan fingerprint density at radius 3 is 2.30 bits per heavy atom. The fourth-order valence-corrected chi connectivity index (χ4v) is 2.75. The highest BCUT2D eigenvalue weighted by Gasteiger charge is 2.18. The molecule has 5 heteroatoms. The number of halogens is 1. The van der Waals surface area contributed by atoms with E-state index in [0.29, 0.717) is 38.8 Å². The van der Waals surface area contributed by atoms with Gasteiger partial charge in [-0.3, -0.25) is 4.79 Å². The van der Waals surface area contributed by atoms with E-state index in [0.717, 1.165) is 5.56 Å². The molecule has 0 aliphatic heterocycles. The van der Waals surface area contributed by atoms with Crippen molar-refractivity contribution in [1.82, 2.24) is 0 Å². The van der Waals surface area contributed by atoms with Crippen molar-refractivity contribution < 1.29 is 13.9 Å². The molecule has 0 bridgehead atoms. The van der Waals surface area contributed by atoms with Gasteiger partial charge in [0.25, 0.3) is 0 Å².